The third kappa shape index (κ3) is 3.32. The number of carbonyl (C=O) groups excluding carboxylic acids is 1. The molecule has 0 heterocycles. The Balaban J connectivity index is 2.06. The van der Waals surface area contributed by atoms with Crippen molar-refractivity contribution < 1.29 is 23.8 Å². The van der Waals surface area contributed by atoms with E-state index in [0.29, 0.717) is 5.75 Å². The lowest BCUT2D eigenvalue weighted by Gasteiger charge is -2.07. The molecule has 0 spiro atoms. The lowest BCUT2D eigenvalue weighted by molar-refractivity contribution is 0.0696. The van der Waals surface area contributed by atoms with Gasteiger partial charge in [-0.05, 0) is 30.3 Å². The molecule has 0 radical (unpaired) electrons. The van der Waals surface area contributed by atoms with Crippen LogP contribution in [0.1, 0.15) is 10.4 Å². The number of hydrogen-bond donors (Lipinski definition) is 2. The van der Waals surface area contributed by atoms with Gasteiger partial charge < -0.3 is 9.84 Å². The van der Waals surface area contributed by atoms with Crippen LogP contribution in [-0.4, -0.2) is 17.2 Å². The van der Waals surface area contributed by atoms with Crippen molar-refractivity contribution in [1.82, 2.24) is 0 Å². The Bertz CT molecular complexity index is 643. The van der Waals surface area contributed by atoms with Gasteiger partial charge in [0.1, 0.15) is 11.6 Å². The average molecular weight is 275 g/mol. The molecule has 0 unspecified atom stereocenters. The number of nitrogens with one attached hydrogen (secondary N) is 1. The van der Waals surface area contributed by atoms with Crippen LogP contribution in [0.25, 0.3) is 0 Å². The molecule has 0 aliphatic carbocycles. The van der Waals surface area contributed by atoms with Gasteiger partial charge in [0.2, 0.25) is 0 Å². The fourth-order valence-corrected chi connectivity index (χ4v) is 1.48. The summed E-state index contributed by atoms with van der Waals surface area (Å²) in [5.41, 5.74) is -0.361. The van der Waals surface area contributed by atoms with Crippen LogP contribution in [0.5, 0.6) is 5.75 Å². The van der Waals surface area contributed by atoms with Crippen LogP contribution < -0.4 is 10.1 Å². The Morgan fingerprint density at radius 1 is 1.10 bits per heavy atom. The summed E-state index contributed by atoms with van der Waals surface area (Å²) in [6.45, 7) is 0. The smallest absolute Gasteiger partial charge is 0.417 e. The highest BCUT2D eigenvalue weighted by atomic mass is 19.1. The minimum atomic E-state index is -1.25. The Kier molecular flexibility index (Phi) is 3.95. The molecule has 2 aromatic carbocycles. The van der Waals surface area contributed by atoms with Gasteiger partial charge in [-0.3, -0.25) is 5.32 Å². The van der Waals surface area contributed by atoms with Crippen molar-refractivity contribution in [3.8, 4) is 5.75 Å². The molecular weight excluding hydrogens is 265 g/mol. The predicted octanol–water partition coefficient (Wildman–Crippen LogP) is 3.13. The quantitative estimate of drug-likeness (QED) is 0.902. The molecule has 2 N–H and O–H groups in total. The molecule has 0 aliphatic rings. The van der Waals surface area contributed by atoms with Gasteiger partial charge in [-0.15, -0.1) is 0 Å². The van der Waals surface area contributed by atoms with E-state index in [9.17, 15) is 14.0 Å². The molecule has 0 saturated carbocycles. The number of carboxylic acid groups (broad SMARTS) is 1. The minimum Gasteiger partial charge on any atom is -0.478 e. The fourth-order valence-electron chi connectivity index (χ4n) is 1.48. The molecular formula is C14H10FNO4. The van der Waals surface area contributed by atoms with E-state index in [1.807, 2.05) is 0 Å². The van der Waals surface area contributed by atoms with Crippen molar-refractivity contribution in [2.24, 2.45) is 0 Å². The van der Waals surface area contributed by atoms with Crippen LogP contribution in [0, 0.1) is 5.82 Å². The van der Waals surface area contributed by atoms with E-state index in [1.54, 1.807) is 30.3 Å². The van der Waals surface area contributed by atoms with Crippen molar-refractivity contribution >= 4 is 17.7 Å². The maximum absolute atomic E-state index is 13.6. The predicted molar refractivity (Wildman–Crippen MR) is 69.4 cm³/mol. The Morgan fingerprint density at radius 3 is 2.40 bits per heavy atom. The monoisotopic (exact) mass is 275 g/mol. The number of rotatable bonds is 3. The summed E-state index contributed by atoms with van der Waals surface area (Å²) in [7, 11) is 0. The first kappa shape index (κ1) is 13.5. The maximum Gasteiger partial charge on any atom is 0.417 e. The van der Waals surface area contributed by atoms with E-state index in [2.05, 4.69) is 5.32 Å². The van der Waals surface area contributed by atoms with Gasteiger partial charge in [-0.25, -0.2) is 14.0 Å². The first-order valence-corrected chi connectivity index (χ1v) is 5.63. The molecule has 0 saturated heterocycles. The van der Waals surface area contributed by atoms with Crippen LogP contribution in [0.4, 0.5) is 14.9 Å². The van der Waals surface area contributed by atoms with Crippen LogP contribution >= 0.6 is 0 Å². The van der Waals surface area contributed by atoms with Crippen molar-refractivity contribution in [2.75, 3.05) is 5.32 Å². The van der Waals surface area contributed by atoms with Crippen molar-refractivity contribution in [3.63, 3.8) is 0 Å². The molecule has 6 heteroatoms. The molecule has 1 amide bonds. The van der Waals surface area contributed by atoms with Crippen molar-refractivity contribution in [2.45, 2.75) is 0 Å². The highest BCUT2D eigenvalue weighted by Crippen LogP contribution is 2.17. The summed E-state index contributed by atoms with van der Waals surface area (Å²) in [5.74, 6) is -1.79. The summed E-state index contributed by atoms with van der Waals surface area (Å²) < 4.78 is 18.5. The van der Waals surface area contributed by atoms with Crippen LogP contribution in [-0.2, 0) is 0 Å². The second kappa shape index (κ2) is 5.83. The first-order valence-electron chi connectivity index (χ1n) is 5.63. The van der Waals surface area contributed by atoms with Gasteiger partial charge in [0.25, 0.3) is 0 Å². The van der Waals surface area contributed by atoms with Crippen LogP contribution in [0.2, 0.25) is 0 Å². The summed E-state index contributed by atoms with van der Waals surface area (Å²) in [6.07, 6.45) is -0.863. The molecule has 0 fully saturated rings. The number of carbonyl (C=O) groups is 2. The van der Waals surface area contributed by atoms with Gasteiger partial charge in [0.05, 0.1) is 11.3 Å². The lowest BCUT2D eigenvalue weighted by atomic mass is 10.2. The fraction of sp³-hybridized carbons (Fsp3) is 0. The van der Waals surface area contributed by atoms with Crippen LogP contribution in [0.3, 0.4) is 0 Å². The van der Waals surface area contributed by atoms with Gasteiger partial charge in [0, 0.05) is 0 Å². The van der Waals surface area contributed by atoms with Crippen molar-refractivity contribution in [1.29, 1.82) is 0 Å². The summed E-state index contributed by atoms with van der Waals surface area (Å²) >= 11 is 0. The number of ether oxygens (including phenoxy) is 1. The van der Waals surface area contributed by atoms with E-state index in [0.717, 1.165) is 12.1 Å². The SMILES string of the molecule is O=C(Nc1ccc(C(=O)O)cc1F)Oc1ccccc1. The zero-order valence-electron chi connectivity index (χ0n) is 10.2. The highest BCUT2D eigenvalue weighted by Gasteiger charge is 2.11. The number of para-hydroxylation sites is 1. The standard InChI is InChI=1S/C14H10FNO4/c15-11-8-9(13(17)18)6-7-12(11)16-14(19)20-10-4-2-1-3-5-10/h1-8H,(H,16,19)(H,17,18). The number of halogens is 1. The average Bonchev–Trinajstić information content (AvgIpc) is 2.42. The van der Waals surface area contributed by atoms with E-state index < -0.39 is 17.9 Å². The zero-order valence-corrected chi connectivity index (χ0v) is 10.2. The van der Waals surface area contributed by atoms with E-state index in [-0.39, 0.29) is 11.3 Å². The molecule has 0 aromatic heterocycles. The summed E-state index contributed by atoms with van der Waals surface area (Å²) in [4.78, 5) is 22.2. The molecule has 0 bridgehead atoms. The first-order chi connectivity index (χ1) is 9.56. The third-order valence-electron chi connectivity index (χ3n) is 2.41. The number of benzene rings is 2. The van der Waals surface area contributed by atoms with E-state index >= 15 is 0 Å². The van der Waals surface area contributed by atoms with Gasteiger partial charge >= 0.3 is 12.1 Å². The minimum absolute atomic E-state index is 0.157. The number of hydrogen-bond acceptors (Lipinski definition) is 3. The van der Waals surface area contributed by atoms with E-state index in [4.69, 9.17) is 9.84 Å². The van der Waals surface area contributed by atoms with Gasteiger partial charge in [0.15, 0.2) is 0 Å². The van der Waals surface area contributed by atoms with Crippen molar-refractivity contribution in [3.05, 3.63) is 59.9 Å². The molecule has 20 heavy (non-hydrogen) atoms. The number of anilines is 1. The maximum atomic E-state index is 13.6. The third-order valence-corrected chi connectivity index (χ3v) is 2.41. The number of amides is 1. The Morgan fingerprint density at radius 2 is 1.80 bits per heavy atom. The summed E-state index contributed by atoms with van der Waals surface area (Å²) in [6, 6.07) is 11.4. The molecule has 2 aromatic rings. The number of carboxylic acids is 1. The van der Waals surface area contributed by atoms with Gasteiger partial charge in [-0.1, -0.05) is 18.2 Å². The number of aromatic carboxylic acids is 1. The van der Waals surface area contributed by atoms with Crippen LogP contribution in [0.15, 0.2) is 48.5 Å². The normalized spacial score (nSPS) is 9.85. The molecule has 5 nitrogen and oxygen atoms in total. The topological polar surface area (TPSA) is 75.6 Å². The zero-order chi connectivity index (χ0) is 14.5. The van der Waals surface area contributed by atoms with Gasteiger partial charge in [-0.2, -0.15) is 0 Å². The molecule has 102 valence electrons. The largest absolute Gasteiger partial charge is 0.478 e. The lowest BCUT2D eigenvalue weighted by Crippen LogP contribution is -2.17. The Labute approximate surface area is 113 Å². The molecule has 0 atom stereocenters. The summed E-state index contributed by atoms with van der Waals surface area (Å²) in [5, 5.41) is 10.9. The second-order valence-electron chi connectivity index (χ2n) is 3.83. The molecule has 0 aliphatic heterocycles. The van der Waals surface area contributed by atoms with E-state index in [1.165, 1.54) is 6.07 Å². The second-order valence-corrected chi connectivity index (χ2v) is 3.83. The highest BCUT2D eigenvalue weighted by molar-refractivity contribution is 5.90. The molecule has 2 rings (SSSR count). The Hall–Kier alpha value is -2.89.